The fourth-order valence-corrected chi connectivity index (χ4v) is 4.21. The molecule has 5 rings (SSSR count). The second-order valence-electron chi connectivity index (χ2n) is 8.74. The molecule has 1 aliphatic rings. The van der Waals surface area contributed by atoms with Crippen LogP contribution in [0, 0.1) is 0 Å². The normalized spacial score (nSPS) is 14.3. The number of fused-ring (bicyclic) bond motifs is 2. The van der Waals surface area contributed by atoms with Gasteiger partial charge >= 0.3 is 0 Å². The lowest BCUT2D eigenvalue weighted by Gasteiger charge is -2.33. The maximum Gasteiger partial charge on any atom is 0.257 e. The number of aromatic nitrogens is 2. The van der Waals surface area contributed by atoms with Gasteiger partial charge in [0, 0.05) is 35.2 Å². The fraction of sp³-hybridized carbons (Fsp3) is 0.192. The van der Waals surface area contributed by atoms with Crippen LogP contribution in [0.3, 0.4) is 0 Å². The van der Waals surface area contributed by atoms with Gasteiger partial charge in [0.05, 0.1) is 16.8 Å². The summed E-state index contributed by atoms with van der Waals surface area (Å²) in [4.78, 5) is 21.5. The van der Waals surface area contributed by atoms with Crippen LogP contribution in [0.25, 0.3) is 10.9 Å². The smallest absolute Gasteiger partial charge is 0.257 e. The topological polar surface area (TPSA) is 78.9 Å². The summed E-state index contributed by atoms with van der Waals surface area (Å²) >= 11 is 0. The maximum absolute atomic E-state index is 13.1. The van der Waals surface area contributed by atoms with E-state index in [1.807, 2.05) is 54.6 Å². The van der Waals surface area contributed by atoms with E-state index in [2.05, 4.69) is 45.8 Å². The van der Waals surface area contributed by atoms with Gasteiger partial charge in [-0.15, -0.1) is 0 Å². The third-order valence-corrected chi connectivity index (χ3v) is 6.03. The highest BCUT2D eigenvalue weighted by molar-refractivity contribution is 6.08. The van der Waals surface area contributed by atoms with E-state index in [0.717, 1.165) is 46.6 Å². The number of carbonyl (C=O) groups is 1. The van der Waals surface area contributed by atoms with Gasteiger partial charge in [0.2, 0.25) is 0 Å². The molecule has 0 spiro atoms. The molecule has 0 unspecified atom stereocenters. The summed E-state index contributed by atoms with van der Waals surface area (Å²) in [6.45, 7) is 5.44. The number of benzene rings is 3. The molecular weight excluding hydrogens is 398 g/mol. The van der Waals surface area contributed by atoms with Crippen LogP contribution >= 0.6 is 0 Å². The van der Waals surface area contributed by atoms with Crippen LogP contribution in [0.5, 0.6) is 0 Å². The first-order valence-corrected chi connectivity index (χ1v) is 10.8. The van der Waals surface area contributed by atoms with Gasteiger partial charge in [-0.3, -0.25) is 4.79 Å². The average molecular weight is 424 g/mol. The van der Waals surface area contributed by atoms with Crippen molar-refractivity contribution in [3.8, 4) is 0 Å². The second kappa shape index (κ2) is 7.96. The lowest BCUT2D eigenvalue weighted by Crippen LogP contribution is -2.28. The molecule has 0 saturated heterocycles. The zero-order valence-electron chi connectivity index (χ0n) is 18.1. The molecule has 2 heterocycles. The fourth-order valence-electron chi connectivity index (χ4n) is 4.21. The predicted octanol–water partition coefficient (Wildman–Crippen LogP) is 5.72. The van der Waals surface area contributed by atoms with Gasteiger partial charge in [-0.05, 0) is 59.9 Å². The van der Waals surface area contributed by atoms with E-state index in [1.165, 1.54) is 11.9 Å². The molecule has 32 heavy (non-hydrogen) atoms. The maximum atomic E-state index is 13.1. The molecule has 1 amide bonds. The van der Waals surface area contributed by atoms with E-state index in [1.54, 1.807) is 6.20 Å². The summed E-state index contributed by atoms with van der Waals surface area (Å²) in [6, 6.07) is 19.5. The van der Waals surface area contributed by atoms with Gasteiger partial charge in [-0.25, -0.2) is 9.97 Å². The predicted molar refractivity (Wildman–Crippen MR) is 130 cm³/mol. The Kier molecular flexibility index (Phi) is 4.98. The Labute approximate surface area is 187 Å². The third kappa shape index (κ3) is 3.87. The number of hydrogen-bond donors (Lipinski definition) is 3. The first-order valence-electron chi connectivity index (χ1n) is 10.8. The van der Waals surface area contributed by atoms with Crippen LogP contribution in [0.1, 0.15) is 36.2 Å². The van der Waals surface area contributed by atoms with Gasteiger partial charge in [0.25, 0.3) is 5.91 Å². The molecule has 6 heteroatoms. The molecule has 0 atom stereocenters. The second-order valence-corrected chi connectivity index (χ2v) is 8.74. The van der Waals surface area contributed by atoms with Crippen molar-refractivity contribution >= 4 is 39.6 Å². The van der Waals surface area contributed by atoms with Crippen molar-refractivity contribution in [2.45, 2.75) is 25.7 Å². The minimum absolute atomic E-state index is 0.130. The molecule has 0 bridgehead atoms. The number of nitrogens with one attached hydrogen (secondary N) is 3. The molecule has 1 aliphatic heterocycles. The summed E-state index contributed by atoms with van der Waals surface area (Å²) in [5.74, 6) is -0.160. The molecule has 0 aliphatic carbocycles. The highest BCUT2D eigenvalue weighted by atomic mass is 16.1. The van der Waals surface area contributed by atoms with E-state index in [-0.39, 0.29) is 11.3 Å². The van der Waals surface area contributed by atoms with Gasteiger partial charge in [0.1, 0.15) is 6.33 Å². The number of carbonyl (C=O) groups excluding carboxylic acids is 1. The Morgan fingerprint density at radius 3 is 2.78 bits per heavy atom. The Morgan fingerprint density at radius 1 is 1.03 bits per heavy atom. The minimum atomic E-state index is -0.160. The molecule has 3 aromatic carbocycles. The Balaban J connectivity index is 1.39. The number of rotatable bonds is 4. The molecule has 6 nitrogen and oxygen atoms in total. The van der Waals surface area contributed by atoms with Crippen molar-refractivity contribution < 1.29 is 4.79 Å². The third-order valence-electron chi connectivity index (χ3n) is 6.03. The molecule has 4 aromatic rings. The van der Waals surface area contributed by atoms with Crippen LogP contribution in [0.15, 0.2) is 73.2 Å². The Bertz CT molecular complexity index is 1310. The summed E-state index contributed by atoms with van der Waals surface area (Å²) in [6.07, 6.45) is 4.40. The molecule has 0 radical (unpaired) electrons. The SMILES string of the molecule is CC1(C)CCNc2cc(NC(=O)c3ccccc3Nc3ccc4ncncc4c3)ccc21. The van der Waals surface area contributed by atoms with Crippen molar-refractivity contribution in [2.24, 2.45) is 0 Å². The van der Waals surface area contributed by atoms with E-state index < -0.39 is 0 Å². The molecular formula is C26H25N5O. The van der Waals surface area contributed by atoms with Crippen LogP contribution in [-0.2, 0) is 5.41 Å². The van der Waals surface area contributed by atoms with Crippen molar-refractivity contribution in [2.75, 3.05) is 22.5 Å². The van der Waals surface area contributed by atoms with Gasteiger partial charge in [-0.1, -0.05) is 32.0 Å². The molecule has 160 valence electrons. The number of para-hydroxylation sites is 1. The van der Waals surface area contributed by atoms with Crippen LogP contribution in [-0.4, -0.2) is 22.4 Å². The number of hydrogen-bond acceptors (Lipinski definition) is 5. The van der Waals surface area contributed by atoms with Crippen LogP contribution < -0.4 is 16.0 Å². The van der Waals surface area contributed by atoms with E-state index in [0.29, 0.717) is 5.56 Å². The van der Waals surface area contributed by atoms with Crippen molar-refractivity contribution in [3.05, 3.63) is 84.3 Å². The summed E-state index contributed by atoms with van der Waals surface area (Å²) in [5.41, 5.74) is 6.32. The molecule has 1 aromatic heterocycles. The zero-order chi connectivity index (χ0) is 22.1. The lowest BCUT2D eigenvalue weighted by atomic mass is 9.78. The number of anilines is 4. The van der Waals surface area contributed by atoms with Crippen LogP contribution in [0.2, 0.25) is 0 Å². The first kappa shape index (κ1) is 20.0. The van der Waals surface area contributed by atoms with Crippen molar-refractivity contribution in [3.63, 3.8) is 0 Å². The minimum Gasteiger partial charge on any atom is -0.385 e. The van der Waals surface area contributed by atoms with E-state index in [9.17, 15) is 4.79 Å². The van der Waals surface area contributed by atoms with E-state index >= 15 is 0 Å². The standard InChI is InChI=1S/C26H25N5O/c1-26(2)11-12-28-24-14-19(7-9-21(24)26)31-25(32)20-5-3-4-6-23(20)30-18-8-10-22-17(13-18)15-27-16-29-22/h3-10,13-16,28,30H,11-12H2,1-2H3,(H,31,32). The number of nitrogens with zero attached hydrogens (tertiary/aromatic N) is 2. The average Bonchev–Trinajstić information content (AvgIpc) is 2.79. The largest absolute Gasteiger partial charge is 0.385 e. The van der Waals surface area contributed by atoms with Gasteiger partial charge < -0.3 is 16.0 Å². The monoisotopic (exact) mass is 423 g/mol. The summed E-state index contributed by atoms with van der Waals surface area (Å²) < 4.78 is 0. The summed E-state index contributed by atoms with van der Waals surface area (Å²) in [7, 11) is 0. The summed E-state index contributed by atoms with van der Waals surface area (Å²) in [5, 5.41) is 10.8. The Hall–Kier alpha value is -3.93. The quantitative estimate of drug-likeness (QED) is 0.391. The number of amides is 1. The zero-order valence-corrected chi connectivity index (χ0v) is 18.1. The molecule has 0 fully saturated rings. The van der Waals surface area contributed by atoms with Crippen LogP contribution in [0.4, 0.5) is 22.7 Å². The highest BCUT2D eigenvalue weighted by Crippen LogP contribution is 2.38. The highest BCUT2D eigenvalue weighted by Gasteiger charge is 2.27. The molecule has 0 saturated carbocycles. The lowest BCUT2D eigenvalue weighted by molar-refractivity contribution is 0.102. The first-order chi connectivity index (χ1) is 15.5. The van der Waals surface area contributed by atoms with E-state index in [4.69, 9.17) is 0 Å². The van der Waals surface area contributed by atoms with Crippen molar-refractivity contribution in [1.29, 1.82) is 0 Å². The van der Waals surface area contributed by atoms with Gasteiger partial charge in [-0.2, -0.15) is 0 Å². The van der Waals surface area contributed by atoms with Crippen molar-refractivity contribution in [1.82, 2.24) is 9.97 Å². The van der Waals surface area contributed by atoms with Gasteiger partial charge in [0.15, 0.2) is 0 Å². The molecule has 3 N–H and O–H groups in total. The Morgan fingerprint density at radius 2 is 1.88 bits per heavy atom.